The van der Waals surface area contributed by atoms with Crippen molar-refractivity contribution in [2.75, 3.05) is 13.1 Å². The number of benzene rings is 2. The summed E-state index contributed by atoms with van der Waals surface area (Å²) in [4.78, 5) is 14.6. The number of aliphatic hydroxyl groups excluding tert-OH is 1. The monoisotopic (exact) mass is 436 g/mol. The van der Waals surface area contributed by atoms with Gasteiger partial charge in [-0.1, -0.05) is 25.0 Å². The fourth-order valence-corrected chi connectivity index (χ4v) is 3.90. The largest absolute Gasteiger partial charge is 0.457 e. The van der Waals surface area contributed by atoms with Gasteiger partial charge in [0.25, 0.3) is 5.91 Å². The van der Waals surface area contributed by atoms with Crippen LogP contribution in [0.3, 0.4) is 0 Å². The van der Waals surface area contributed by atoms with Crippen molar-refractivity contribution in [1.29, 1.82) is 0 Å². The fourth-order valence-electron chi connectivity index (χ4n) is 3.90. The zero-order valence-corrected chi connectivity index (χ0v) is 18.0. The highest BCUT2D eigenvalue weighted by molar-refractivity contribution is 5.95. The lowest BCUT2D eigenvalue weighted by atomic mass is 9.91. The highest BCUT2D eigenvalue weighted by Crippen LogP contribution is 2.28. The summed E-state index contributed by atoms with van der Waals surface area (Å²) in [6.45, 7) is 2.83. The quantitative estimate of drug-likeness (QED) is 0.678. The van der Waals surface area contributed by atoms with Gasteiger partial charge < -0.3 is 20.5 Å². The second kappa shape index (κ2) is 11.3. The van der Waals surface area contributed by atoms with E-state index in [4.69, 9.17) is 10.5 Å². The highest BCUT2D eigenvalue weighted by Gasteiger charge is 2.32. The van der Waals surface area contributed by atoms with Gasteiger partial charge in [0.05, 0.1) is 17.7 Å². The van der Waals surface area contributed by atoms with Crippen LogP contribution in [-0.4, -0.2) is 41.1 Å². The molecule has 5 nitrogen and oxygen atoms in total. The number of hydrogen-bond acceptors (Lipinski definition) is 4. The maximum absolute atomic E-state index is 14.5. The Labute approximate surface area is 183 Å². The number of rotatable bonds is 7. The Bertz CT molecular complexity index is 832. The van der Waals surface area contributed by atoms with E-state index in [-0.39, 0.29) is 24.0 Å². The van der Waals surface area contributed by atoms with Gasteiger partial charge in [-0.15, -0.1) is 12.4 Å². The molecule has 1 amide bonds. The number of carbonyl (C=O) groups excluding carboxylic acids is 1. The van der Waals surface area contributed by atoms with Crippen molar-refractivity contribution >= 4 is 18.3 Å². The third-order valence-electron chi connectivity index (χ3n) is 5.46. The lowest BCUT2D eigenvalue weighted by Gasteiger charge is -2.37. The van der Waals surface area contributed by atoms with Crippen molar-refractivity contribution in [3.63, 3.8) is 0 Å². The smallest absolute Gasteiger partial charge is 0.257 e. The first kappa shape index (κ1) is 24.1. The van der Waals surface area contributed by atoms with Crippen LogP contribution in [0.25, 0.3) is 0 Å². The number of amides is 1. The summed E-state index contributed by atoms with van der Waals surface area (Å²) in [6, 6.07) is 11.4. The molecule has 0 unspecified atom stereocenters. The van der Waals surface area contributed by atoms with Crippen LogP contribution in [0.15, 0.2) is 42.5 Å². The summed E-state index contributed by atoms with van der Waals surface area (Å²) in [7, 11) is 0. The minimum Gasteiger partial charge on any atom is -0.457 e. The van der Waals surface area contributed by atoms with Crippen LogP contribution in [0.2, 0.25) is 0 Å². The van der Waals surface area contributed by atoms with Gasteiger partial charge in [0.1, 0.15) is 17.3 Å². The lowest BCUT2D eigenvalue weighted by molar-refractivity contribution is 0.0193. The number of nitrogens with two attached hydrogens (primary N) is 1. The first-order valence-corrected chi connectivity index (χ1v) is 10.3. The number of hydrogen-bond donors (Lipinski definition) is 2. The second-order valence-corrected chi connectivity index (χ2v) is 7.44. The predicted octanol–water partition coefficient (Wildman–Crippen LogP) is 4.31. The molecule has 0 saturated heterocycles. The molecule has 1 fully saturated rings. The van der Waals surface area contributed by atoms with Crippen molar-refractivity contribution in [3.8, 4) is 11.5 Å². The van der Waals surface area contributed by atoms with Gasteiger partial charge in [0, 0.05) is 6.54 Å². The molecule has 2 atom stereocenters. The van der Waals surface area contributed by atoms with E-state index in [0.29, 0.717) is 31.0 Å². The minimum absolute atomic E-state index is 0. The molecule has 3 N–H and O–H groups in total. The Balaban J connectivity index is 0.00000320. The zero-order chi connectivity index (χ0) is 20.8. The minimum atomic E-state index is -0.593. The average molecular weight is 437 g/mol. The molecule has 0 spiro atoms. The third-order valence-corrected chi connectivity index (χ3v) is 5.46. The predicted molar refractivity (Wildman–Crippen MR) is 118 cm³/mol. The lowest BCUT2D eigenvalue weighted by Crippen LogP contribution is -2.48. The Hall–Kier alpha value is -2.15. The zero-order valence-electron chi connectivity index (χ0n) is 17.2. The van der Waals surface area contributed by atoms with Crippen LogP contribution in [-0.2, 0) is 6.42 Å². The van der Waals surface area contributed by atoms with E-state index < -0.39 is 17.8 Å². The highest BCUT2D eigenvalue weighted by atomic mass is 35.5. The first-order valence-electron chi connectivity index (χ1n) is 10.3. The number of ether oxygens (including phenoxy) is 1. The van der Waals surface area contributed by atoms with Crippen molar-refractivity contribution in [3.05, 3.63) is 59.4 Å². The van der Waals surface area contributed by atoms with Crippen molar-refractivity contribution in [2.24, 2.45) is 5.73 Å². The molecule has 7 heteroatoms. The Kier molecular flexibility index (Phi) is 9.08. The van der Waals surface area contributed by atoms with Crippen molar-refractivity contribution < 1.29 is 19.0 Å². The molecule has 0 aliphatic heterocycles. The third kappa shape index (κ3) is 5.72. The van der Waals surface area contributed by atoms with E-state index >= 15 is 0 Å². The molecule has 2 aromatic carbocycles. The molecule has 1 aliphatic rings. The van der Waals surface area contributed by atoms with E-state index in [1.807, 2.05) is 31.2 Å². The van der Waals surface area contributed by atoms with Crippen LogP contribution < -0.4 is 10.5 Å². The topological polar surface area (TPSA) is 75.8 Å². The average Bonchev–Trinajstić information content (AvgIpc) is 2.73. The van der Waals surface area contributed by atoms with Crippen molar-refractivity contribution in [2.45, 2.75) is 51.2 Å². The van der Waals surface area contributed by atoms with E-state index in [1.54, 1.807) is 4.90 Å². The van der Waals surface area contributed by atoms with Crippen LogP contribution in [0.1, 0.15) is 48.5 Å². The van der Waals surface area contributed by atoms with E-state index in [2.05, 4.69) is 0 Å². The van der Waals surface area contributed by atoms with Crippen LogP contribution in [0.4, 0.5) is 4.39 Å². The molecule has 0 radical (unpaired) electrons. The first-order chi connectivity index (χ1) is 14.0. The van der Waals surface area contributed by atoms with Gasteiger partial charge in [0.2, 0.25) is 0 Å². The SMILES string of the molecule is CCN(C(=O)c1cc(Oc2ccc(CCN)cc2)ccc1F)[C@@H]1CCCC[C@H]1O.Cl. The van der Waals surface area contributed by atoms with Gasteiger partial charge in [0.15, 0.2) is 0 Å². The molecule has 0 bridgehead atoms. The Morgan fingerprint density at radius 1 is 1.17 bits per heavy atom. The number of nitrogens with zero attached hydrogens (tertiary/aromatic N) is 1. The van der Waals surface area contributed by atoms with E-state index in [1.165, 1.54) is 18.2 Å². The standard InChI is InChI=1S/C23H29FN2O3.ClH/c1-2-26(21-5-3-4-6-22(21)27)23(28)19-15-18(11-12-20(19)24)29-17-9-7-16(8-10-17)13-14-25;/h7-12,15,21-22,27H,2-6,13-14,25H2,1H3;1H/t21-,22-;/m1./s1. The van der Waals surface area contributed by atoms with Crippen molar-refractivity contribution in [1.82, 2.24) is 4.90 Å². The summed E-state index contributed by atoms with van der Waals surface area (Å²) in [5, 5.41) is 10.3. The molecule has 1 saturated carbocycles. The van der Waals surface area contributed by atoms with Gasteiger partial charge in [-0.2, -0.15) is 0 Å². The molecule has 0 heterocycles. The summed E-state index contributed by atoms with van der Waals surface area (Å²) in [5.41, 5.74) is 6.63. The summed E-state index contributed by atoms with van der Waals surface area (Å²) in [5.74, 6) is -0.0171. The molecule has 1 aliphatic carbocycles. The number of likely N-dealkylation sites (N-methyl/N-ethyl adjacent to an activating group) is 1. The number of aliphatic hydroxyl groups is 1. The fraction of sp³-hybridized carbons (Fsp3) is 0.435. The normalized spacial score (nSPS) is 18.4. The molecule has 3 rings (SSSR count). The molecular weight excluding hydrogens is 407 g/mol. The van der Waals surface area contributed by atoms with Gasteiger partial charge >= 0.3 is 0 Å². The summed E-state index contributed by atoms with van der Waals surface area (Å²) in [6.07, 6.45) is 3.52. The molecule has 2 aromatic rings. The Morgan fingerprint density at radius 2 is 1.83 bits per heavy atom. The van der Waals surface area contributed by atoms with E-state index in [9.17, 15) is 14.3 Å². The van der Waals surface area contributed by atoms with Crippen LogP contribution in [0, 0.1) is 5.82 Å². The molecule has 30 heavy (non-hydrogen) atoms. The van der Waals surface area contributed by atoms with Gasteiger partial charge in [-0.05, 0) is 68.6 Å². The second-order valence-electron chi connectivity index (χ2n) is 7.44. The molecular formula is C23H30ClFN2O3. The number of carbonyl (C=O) groups is 1. The Morgan fingerprint density at radius 3 is 2.47 bits per heavy atom. The molecule has 164 valence electrons. The van der Waals surface area contributed by atoms with Crippen LogP contribution in [0.5, 0.6) is 11.5 Å². The van der Waals surface area contributed by atoms with E-state index in [0.717, 1.165) is 31.2 Å². The summed E-state index contributed by atoms with van der Waals surface area (Å²) < 4.78 is 20.3. The van der Waals surface area contributed by atoms with Crippen LogP contribution >= 0.6 is 12.4 Å². The van der Waals surface area contributed by atoms with Gasteiger partial charge in [-0.3, -0.25) is 4.79 Å². The number of halogens is 2. The maximum atomic E-state index is 14.5. The molecule has 0 aromatic heterocycles. The summed E-state index contributed by atoms with van der Waals surface area (Å²) >= 11 is 0. The maximum Gasteiger partial charge on any atom is 0.257 e. The van der Waals surface area contributed by atoms with Gasteiger partial charge in [-0.25, -0.2) is 4.39 Å².